The standard InChI is InChI=1S/C18H14N4OS/c1-11-4-2-3-5-13(11)15-8-12-9-19-10-14(16(12)21-15)17(23)22-18-20-6-7-24-18/h2-7,9-10H,8H2,1H3,(H,20,22,23). The minimum atomic E-state index is -0.232. The molecule has 2 aromatic heterocycles. The van der Waals surface area contributed by atoms with Gasteiger partial charge in [-0.25, -0.2) is 4.98 Å². The fraction of sp³-hybridized carbons (Fsp3) is 0.111. The second-order valence-electron chi connectivity index (χ2n) is 5.54. The average Bonchev–Trinajstić information content (AvgIpc) is 3.23. The van der Waals surface area contributed by atoms with Crippen LogP contribution in [0.3, 0.4) is 0 Å². The van der Waals surface area contributed by atoms with Gasteiger partial charge in [0.2, 0.25) is 0 Å². The Labute approximate surface area is 143 Å². The molecule has 6 heteroatoms. The van der Waals surface area contributed by atoms with Gasteiger partial charge < -0.3 is 0 Å². The second kappa shape index (κ2) is 5.98. The molecule has 0 saturated carbocycles. The maximum atomic E-state index is 12.5. The van der Waals surface area contributed by atoms with Crippen molar-refractivity contribution in [3.63, 3.8) is 0 Å². The third-order valence-electron chi connectivity index (χ3n) is 3.95. The number of aliphatic imine (C=N–C) groups is 1. The molecule has 0 saturated heterocycles. The van der Waals surface area contributed by atoms with Crippen molar-refractivity contribution < 1.29 is 4.79 Å². The average molecular weight is 334 g/mol. The summed E-state index contributed by atoms with van der Waals surface area (Å²) >= 11 is 1.38. The highest BCUT2D eigenvalue weighted by molar-refractivity contribution is 7.13. The van der Waals surface area contributed by atoms with E-state index in [9.17, 15) is 4.79 Å². The number of rotatable bonds is 3. The summed E-state index contributed by atoms with van der Waals surface area (Å²) in [4.78, 5) is 25.5. The van der Waals surface area contributed by atoms with Crippen molar-refractivity contribution in [1.29, 1.82) is 0 Å². The van der Waals surface area contributed by atoms with Gasteiger partial charge in [-0.15, -0.1) is 11.3 Å². The van der Waals surface area contributed by atoms with E-state index in [1.54, 1.807) is 18.6 Å². The molecule has 24 heavy (non-hydrogen) atoms. The van der Waals surface area contributed by atoms with Gasteiger partial charge >= 0.3 is 0 Å². The lowest BCUT2D eigenvalue weighted by Gasteiger charge is -2.04. The normalized spacial score (nSPS) is 12.6. The van der Waals surface area contributed by atoms with Crippen LogP contribution < -0.4 is 5.32 Å². The van der Waals surface area contributed by atoms with E-state index < -0.39 is 0 Å². The van der Waals surface area contributed by atoms with Crippen molar-refractivity contribution in [1.82, 2.24) is 9.97 Å². The van der Waals surface area contributed by atoms with Crippen LogP contribution in [0, 0.1) is 6.92 Å². The molecule has 1 amide bonds. The Morgan fingerprint density at radius 1 is 1.25 bits per heavy atom. The number of carbonyl (C=O) groups excluding carboxylic acids is 1. The van der Waals surface area contributed by atoms with E-state index >= 15 is 0 Å². The van der Waals surface area contributed by atoms with Crippen LogP contribution in [0.2, 0.25) is 0 Å². The summed E-state index contributed by atoms with van der Waals surface area (Å²) in [6, 6.07) is 8.13. The number of thiazole rings is 1. The van der Waals surface area contributed by atoms with E-state index in [4.69, 9.17) is 4.99 Å². The molecular formula is C18H14N4OS. The smallest absolute Gasteiger partial charge is 0.261 e. The third kappa shape index (κ3) is 2.61. The predicted molar refractivity (Wildman–Crippen MR) is 95.4 cm³/mol. The molecule has 0 aliphatic carbocycles. The molecule has 0 atom stereocenters. The lowest BCUT2D eigenvalue weighted by molar-refractivity contribution is 0.102. The fourth-order valence-electron chi connectivity index (χ4n) is 2.78. The molecule has 1 aliphatic heterocycles. The van der Waals surface area contributed by atoms with E-state index in [0.717, 1.165) is 16.8 Å². The van der Waals surface area contributed by atoms with Crippen LogP contribution in [0.5, 0.6) is 0 Å². The number of nitrogens with zero attached hydrogens (tertiary/aromatic N) is 3. The SMILES string of the molecule is Cc1ccccc1C1=Nc2c(cncc2C(=O)Nc2nccs2)C1. The minimum Gasteiger partial charge on any atom is -0.298 e. The molecular weight excluding hydrogens is 320 g/mol. The number of amides is 1. The Kier molecular flexibility index (Phi) is 3.66. The molecule has 4 rings (SSSR count). The maximum absolute atomic E-state index is 12.5. The number of benzene rings is 1. The van der Waals surface area contributed by atoms with Crippen molar-refractivity contribution in [2.75, 3.05) is 5.32 Å². The van der Waals surface area contributed by atoms with Crippen LogP contribution >= 0.6 is 11.3 Å². The molecule has 1 aromatic carbocycles. The second-order valence-corrected chi connectivity index (χ2v) is 6.43. The Morgan fingerprint density at radius 2 is 2.12 bits per heavy atom. The molecule has 3 heterocycles. The zero-order valence-electron chi connectivity index (χ0n) is 13.0. The Balaban J connectivity index is 1.70. The van der Waals surface area contributed by atoms with Crippen LogP contribution in [0.4, 0.5) is 10.8 Å². The van der Waals surface area contributed by atoms with Crippen LogP contribution in [0.25, 0.3) is 0 Å². The fourth-order valence-corrected chi connectivity index (χ4v) is 3.31. The number of anilines is 1. The van der Waals surface area contributed by atoms with Crippen molar-refractivity contribution >= 4 is 33.8 Å². The number of nitrogens with one attached hydrogen (secondary N) is 1. The van der Waals surface area contributed by atoms with Crippen LogP contribution in [-0.2, 0) is 6.42 Å². The molecule has 0 unspecified atom stereocenters. The zero-order chi connectivity index (χ0) is 16.5. The van der Waals surface area contributed by atoms with Gasteiger partial charge in [-0.1, -0.05) is 24.3 Å². The van der Waals surface area contributed by atoms with Gasteiger partial charge in [0.1, 0.15) is 0 Å². The third-order valence-corrected chi connectivity index (χ3v) is 4.64. The summed E-state index contributed by atoms with van der Waals surface area (Å²) in [5, 5.41) is 5.18. The molecule has 118 valence electrons. The van der Waals surface area contributed by atoms with Crippen molar-refractivity contribution in [3.05, 3.63) is 70.5 Å². The number of aryl methyl sites for hydroxylation is 1. The summed E-state index contributed by atoms with van der Waals surface area (Å²) in [5.74, 6) is -0.232. The van der Waals surface area contributed by atoms with Crippen LogP contribution in [0.1, 0.15) is 27.0 Å². The number of hydrogen-bond acceptors (Lipinski definition) is 5. The van der Waals surface area contributed by atoms with Gasteiger partial charge in [0.25, 0.3) is 5.91 Å². The van der Waals surface area contributed by atoms with Crippen LogP contribution in [-0.4, -0.2) is 21.6 Å². The highest BCUT2D eigenvalue weighted by Crippen LogP contribution is 2.32. The highest BCUT2D eigenvalue weighted by atomic mass is 32.1. The van der Waals surface area contributed by atoms with Crippen molar-refractivity contribution in [2.24, 2.45) is 4.99 Å². The maximum Gasteiger partial charge on any atom is 0.261 e. The monoisotopic (exact) mass is 334 g/mol. The number of carbonyl (C=O) groups is 1. The Bertz CT molecular complexity index is 947. The summed E-state index contributed by atoms with van der Waals surface area (Å²) in [6.45, 7) is 2.06. The predicted octanol–water partition coefficient (Wildman–Crippen LogP) is 3.78. The molecule has 0 fully saturated rings. The van der Waals surface area contributed by atoms with Crippen LogP contribution in [0.15, 0.2) is 53.2 Å². The van der Waals surface area contributed by atoms with Gasteiger partial charge in [-0.3, -0.25) is 20.1 Å². The van der Waals surface area contributed by atoms with E-state index in [1.165, 1.54) is 16.9 Å². The molecule has 1 N–H and O–H groups in total. The van der Waals surface area contributed by atoms with E-state index in [-0.39, 0.29) is 5.91 Å². The first-order valence-electron chi connectivity index (χ1n) is 7.53. The largest absolute Gasteiger partial charge is 0.298 e. The summed E-state index contributed by atoms with van der Waals surface area (Å²) in [7, 11) is 0. The first-order chi connectivity index (χ1) is 11.7. The summed E-state index contributed by atoms with van der Waals surface area (Å²) < 4.78 is 0. The van der Waals surface area contributed by atoms with Gasteiger partial charge in [0, 0.05) is 36.0 Å². The molecule has 1 aliphatic rings. The first-order valence-corrected chi connectivity index (χ1v) is 8.41. The van der Waals surface area contributed by atoms with Crippen molar-refractivity contribution in [2.45, 2.75) is 13.3 Å². The van der Waals surface area contributed by atoms with Crippen molar-refractivity contribution in [3.8, 4) is 0 Å². The van der Waals surface area contributed by atoms with E-state index in [1.807, 2.05) is 17.5 Å². The molecule has 3 aromatic rings. The summed E-state index contributed by atoms with van der Waals surface area (Å²) in [6.07, 6.45) is 5.68. The van der Waals surface area contributed by atoms with Gasteiger partial charge in [-0.2, -0.15) is 0 Å². The summed E-state index contributed by atoms with van der Waals surface area (Å²) in [5.41, 5.74) is 5.41. The molecule has 0 spiro atoms. The topological polar surface area (TPSA) is 67.2 Å². The number of aromatic nitrogens is 2. The lowest BCUT2D eigenvalue weighted by Crippen LogP contribution is -2.12. The number of hydrogen-bond donors (Lipinski definition) is 1. The first kappa shape index (κ1) is 14.7. The van der Waals surface area contributed by atoms with Gasteiger partial charge in [0.15, 0.2) is 5.13 Å². The molecule has 0 radical (unpaired) electrons. The Morgan fingerprint density at radius 3 is 2.92 bits per heavy atom. The minimum absolute atomic E-state index is 0.232. The quantitative estimate of drug-likeness (QED) is 0.792. The molecule has 5 nitrogen and oxygen atoms in total. The molecule has 0 bridgehead atoms. The number of pyridine rings is 1. The lowest BCUT2D eigenvalue weighted by atomic mass is 10.0. The zero-order valence-corrected chi connectivity index (χ0v) is 13.8. The van der Waals surface area contributed by atoms with Gasteiger partial charge in [0.05, 0.1) is 17.0 Å². The number of fused-ring (bicyclic) bond motifs is 1. The van der Waals surface area contributed by atoms with E-state index in [2.05, 4.69) is 34.3 Å². The highest BCUT2D eigenvalue weighted by Gasteiger charge is 2.23. The van der Waals surface area contributed by atoms with Gasteiger partial charge in [-0.05, 0) is 18.1 Å². The van der Waals surface area contributed by atoms with E-state index in [0.29, 0.717) is 22.8 Å². The Hall–Kier alpha value is -2.86.